The highest BCUT2D eigenvalue weighted by molar-refractivity contribution is 7.12. The smallest absolute Gasteiger partial charge is 0.185 e. The van der Waals surface area contributed by atoms with Gasteiger partial charge in [-0.15, -0.1) is 11.3 Å². The Hall–Kier alpha value is -1.99. The van der Waals surface area contributed by atoms with Gasteiger partial charge in [-0.2, -0.15) is 0 Å². The summed E-state index contributed by atoms with van der Waals surface area (Å²) in [4.78, 5) is 5.46. The Morgan fingerprint density at radius 2 is 2.35 bits per heavy atom. The second-order valence-corrected chi connectivity index (χ2v) is 6.75. The van der Waals surface area contributed by atoms with Gasteiger partial charge >= 0.3 is 0 Å². The summed E-state index contributed by atoms with van der Waals surface area (Å²) in [6, 6.07) is 9.94. The fourth-order valence-electron chi connectivity index (χ4n) is 2.53. The molecule has 2 N–H and O–H groups in total. The molecule has 7 heteroatoms. The fourth-order valence-corrected chi connectivity index (χ4v) is 3.16. The third-order valence-electron chi connectivity index (χ3n) is 3.77. The minimum absolute atomic E-state index is 0.427. The maximum Gasteiger partial charge on any atom is 0.185 e. The summed E-state index contributed by atoms with van der Waals surface area (Å²) in [5, 5.41) is 13.3. The molecule has 0 radical (unpaired) electrons. The maximum absolute atomic E-state index is 8.16. The van der Waals surface area contributed by atoms with Crippen LogP contribution in [0.2, 0.25) is 0 Å². The van der Waals surface area contributed by atoms with Crippen LogP contribution in [0.25, 0.3) is 0 Å². The van der Waals surface area contributed by atoms with E-state index >= 15 is 0 Å². The van der Waals surface area contributed by atoms with Crippen molar-refractivity contribution in [2.75, 3.05) is 43.5 Å². The van der Waals surface area contributed by atoms with Gasteiger partial charge in [0.2, 0.25) is 0 Å². The molecule has 0 bridgehead atoms. The number of amidine groups is 1. The van der Waals surface area contributed by atoms with Gasteiger partial charge in [-0.05, 0) is 36.7 Å². The van der Waals surface area contributed by atoms with Gasteiger partial charge < -0.3 is 19.8 Å². The van der Waals surface area contributed by atoms with Crippen molar-refractivity contribution in [3.8, 4) is 5.75 Å². The lowest BCUT2D eigenvalue weighted by Gasteiger charge is -2.32. The minimum atomic E-state index is 0.427. The van der Waals surface area contributed by atoms with Crippen molar-refractivity contribution >= 4 is 36.5 Å². The summed E-state index contributed by atoms with van der Waals surface area (Å²) in [7, 11) is 4.17. The highest BCUT2D eigenvalue weighted by Crippen LogP contribution is 2.34. The molecular weight excluding hydrogens is 307 g/mol. The molecule has 0 spiro atoms. The summed E-state index contributed by atoms with van der Waals surface area (Å²) in [6.07, 6.45) is 0. The van der Waals surface area contributed by atoms with E-state index in [1.54, 1.807) is 11.3 Å². The molecule has 0 amide bonds. The Bertz CT molecular complexity index is 675. The molecule has 5 nitrogen and oxygen atoms in total. The number of rotatable bonds is 5. The molecule has 0 saturated heterocycles. The zero-order valence-electron chi connectivity index (χ0n) is 13.5. The monoisotopic (exact) mass is 328 g/mol. The molecule has 0 saturated carbocycles. The first-order chi connectivity index (χ1) is 11.1. The number of nitrogens with one attached hydrogen (secondary N) is 2. The zero-order chi connectivity index (χ0) is 16.2. The number of nitrogens with zero attached hydrogens (tertiary/aromatic N) is 2. The van der Waals surface area contributed by atoms with Gasteiger partial charge in [0.15, 0.2) is 7.98 Å². The molecule has 0 aliphatic carbocycles. The molecule has 2 aromatic rings. The van der Waals surface area contributed by atoms with Crippen LogP contribution in [0.5, 0.6) is 5.75 Å². The third-order valence-corrected chi connectivity index (χ3v) is 4.66. The van der Waals surface area contributed by atoms with E-state index in [-0.39, 0.29) is 0 Å². The molecule has 0 fully saturated rings. The largest absolute Gasteiger partial charge is 0.490 e. The lowest BCUT2D eigenvalue weighted by Crippen LogP contribution is -2.37. The summed E-state index contributed by atoms with van der Waals surface area (Å²) >= 11 is 1.56. The molecule has 1 aliphatic heterocycles. The zero-order valence-corrected chi connectivity index (χ0v) is 14.3. The van der Waals surface area contributed by atoms with Crippen LogP contribution in [0, 0.1) is 5.41 Å². The van der Waals surface area contributed by atoms with Crippen molar-refractivity contribution in [3.05, 3.63) is 40.6 Å². The lowest BCUT2D eigenvalue weighted by atomic mass is 10.2. The Kier molecular flexibility index (Phi) is 4.88. The standard InChI is InChI=1S/C16H21BN4OS/c1-20(17)6-7-21-8-9-22-14-5-4-12(11-13(14)21)19-16(18)15-3-2-10-23-15/h2-5,10-11H,6-9,17H2,1H3,(H2,18,19). The molecule has 1 aliphatic rings. The van der Waals surface area contributed by atoms with E-state index in [9.17, 15) is 0 Å². The van der Waals surface area contributed by atoms with Crippen molar-refractivity contribution < 1.29 is 4.74 Å². The molecule has 120 valence electrons. The van der Waals surface area contributed by atoms with Crippen LogP contribution in [0.1, 0.15) is 4.88 Å². The number of fused-ring (bicyclic) bond motifs is 1. The molecule has 0 unspecified atom stereocenters. The second-order valence-electron chi connectivity index (χ2n) is 5.80. The fraction of sp³-hybridized carbons (Fsp3) is 0.312. The van der Waals surface area contributed by atoms with Crippen molar-refractivity contribution in [3.63, 3.8) is 0 Å². The molecule has 0 atom stereocenters. The van der Waals surface area contributed by atoms with Gasteiger partial charge in [-0.25, -0.2) is 0 Å². The van der Waals surface area contributed by atoms with Gasteiger partial charge in [0.25, 0.3) is 0 Å². The van der Waals surface area contributed by atoms with Crippen molar-refractivity contribution in [1.82, 2.24) is 4.81 Å². The number of likely N-dealkylation sites (N-methyl/N-ethyl adjacent to an activating group) is 1. The second kappa shape index (κ2) is 7.06. The molecule has 2 heterocycles. The predicted octanol–water partition coefficient (Wildman–Crippen LogP) is 1.86. The van der Waals surface area contributed by atoms with Crippen LogP contribution >= 0.6 is 11.3 Å². The summed E-state index contributed by atoms with van der Waals surface area (Å²) in [5.74, 6) is 1.35. The van der Waals surface area contributed by atoms with E-state index in [2.05, 4.69) is 36.1 Å². The van der Waals surface area contributed by atoms with E-state index in [4.69, 9.17) is 10.1 Å². The predicted molar refractivity (Wildman–Crippen MR) is 100 cm³/mol. The molecular formula is C16H21BN4OS. The Balaban J connectivity index is 1.76. The third kappa shape index (κ3) is 3.86. The summed E-state index contributed by atoms with van der Waals surface area (Å²) < 4.78 is 5.76. The van der Waals surface area contributed by atoms with Gasteiger partial charge in [-0.1, -0.05) is 6.07 Å². The Labute approximate surface area is 141 Å². The first-order valence-electron chi connectivity index (χ1n) is 7.69. The first kappa shape index (κ1) is 15.9. The maximum atomic E-state index is 8.16. The molecule has 1 aromatic carbocycles. The average Bonchev–Trinajstić information content (AvgIpc) is 3.07. The van der Waals surface area contributed by atoms with E-state index in [1.807, 2.05) is 29.6 Å². The van der Waals surface area contributed by atoms with E-state index in [0.29, 0.717) is 5.84 Å². The van der Waals surface area contributed by atoms with Crippen molar-refractivity contribution in [1.29, 1.82) is 5.41 Å². The lowest BCUT2D eigenvalue weighted by molar-refractivity contribution is 0.306. The van der Waals surface area contributed by atoms with Gasteiger partial charge in [0.1, 0.15) is 18.2 Å². The molecule has 3 rings (SSSR count). The number of ether oxygens (including phenoxy) is 1. The van der Waals surface area contributed by atoms with Crippen LogP contribution < -0.4 is 15.0 Å². The Morgan fingerprint density at radius 3 is 3.09 bits per heavy atom. The number of hydrogen-bond acceptors (Lipinski definition) is 5. The average molecular weight is 328 g/mol. The van der Waals surface area contributed by atoms with Crippen LogP contribution in [-0.4, -0.2) is 51.9 Å². The topological polar surface area (TPSA) is 51.6 Å². The van der Waals surface area contributed by atoms with Crippen LogP contribution in [0.3, 0.4) is 0 Å². The summed E-state index contributed by atoms with van der Waals surface area (Å²) in [6.45, 7) is 3.59. The number of thiophene rings is 1. The van der Waals surface area contributed by atoms with Crippen LogP contribution in [0.4, 0.5) is 11.4 Å². The van der Waals surface area contributed by atoms with Crippen molar-refractivity contribution in [2.45, 2.75) is 0 Å². The van der Waals surface area contributed by atoms with E-state index in [0.717, 1.165) is 48.2 Å². The highest BCUT2D eigenvalue weighted by atomic mass is 32.1. The first-order valence-corrected chi connectivity index (χ1v) is 8.57. The number of benzene rings is 1. The molecule has 1 aromatic heterocycles. The van der Waals surface area contributed by atoms with E-state index in [1.165, 1.54) is 0 Å². The number of anilines is 2. The van der Waals surface area contributed by atoms with Crippen LogP contribution in [0.15, 0.2) is 35.7 Å². The van der Waals surface area contributed by atoms with Gasteiger partial charge in [-0.3, -0.25) is 5.41 Å². The van der Waals surface area contributed by atoms with Gasteiger partial charge in [0, 0.05) is 18.8 Å². The van der Waals surface area contributed by atoms with E-state index < -0.39 is 0 Å². The van der Waals surface area contributed by atoms with Gasteiger partial charge in [0.05, 0.1) is 17.1 Å². The molecule has 23 heavy (non-hydrogen) atoms. The Morgan fingerprint density at radius 1 is 1.48 bits per heavy atom. The summed E-state index contributed by atoms with van der Waals surface area (Å²) in [5.41, 5.74) is 2.02. The van der Waals surface area contributed by atoms with Crippen LogP contribution in [-0.2, 0) is 0 Å². The van der Waals surface area contributed by atoms with Crippen molar-refractivity contribution in [2.24, 2.45) is 0 Å². The highest BCUT2D eigenvalue weighted by Gasteiger charge is 2.18. The minimum Gasteiger partial charge on any atom is -0.490 e. The normalized spacial score (nSPS) is 13.6. The quantitative estimate of drug-likeness (QED) is 0.500. The SMILES string of the molecule is BN(C)CCN1CCOc2ccc(NC(=N)c3cccs3)cc21. The number of hydrogen-bond donors (Lipinski definition) is 2.